The Morgan fingerprint density at radius 2 is 1.72 bits per heavy atom. The zero-order chi connectivity index (χ0) is 23.3. The van der Waals surface area contributed by atoms with Gasteiger partial charge in [-0.2, -0.15) is 10.4 Å². The maximum Gasteiger partial charge on any atom is 0.357 e. The molecule has 1 unspecified atom stereocenters. The molecule has 1 heterocycles. The Balaban J connectivity index is 2.29. The molecular formula is C23H19ClN4O4. The summed E-state index contributed by atoms with van der Waals surface area (Å²) in [6.45, 7) is 0. The molecule has 0 spiro atoms. The van der Waals surface area contributed by atoms with Crippen LogP contribution in [0.3, 0.4) is 0 Å². The van der Waals surface area contributed by atoms with Gasteiger partial charge in [-0.1, -0.05) is 54.1 Å². The average molecular weight is 451 g/mol. The van der Waals surface area contributed by atoms with Gasteiger partial charge >= 0.3 is 11.9 Å². The number of benzene rings is 2. The molecule has 0 aliphatic carbocycles. The minimum Gasteiger partial charge on any atom is -0.466 e. The molecule has 0 amide bonds. The van der Waals surface area contributed by atoms with Crippen LogP contribution in [-0.2, 0) is 19.1 Å². The van der Waals surface area contributed by atoms with Gasteiger partial charge in [-0.25, -0.2) is 14.6 Å². The van der Waals surface area contributed by atoms with Crippen LogP contribution in [0.25, 0.3) is 0 Å². The minimum atomic E-state index is -0.984. The minimum absolute atomic E-state index is 0.0191. The van der Waals surface area contributed by atoms with Gasteiger partial charge in [-0.05, 0) is 23.3 Å². The Labute approximate surface area is 189 Å². The number of rotatable bonds is 5. The zero-order valence-electron chi connectivity index (χ0n) is 17.3. The van der Waals surface area contributed by atoms with Crippen molar-refractivity contribution in [2.75, 3.05) is 14.2 Å². The van der Waals surface area contributed by atoms with Crippen LogP contribution in [0.4, 0.5) is 0 Å². The molecule has 0 fully saturated rings. The number of hydrazone groups is 1. The normalized spacial score (nSPS) is 16.2. The van der Waals surface area contributed by atoms with Crippen molar-refractivity contribution in [1.82, 2.24) is 5.01 Å². The zero-order valence-corrected chi connectivity index (χ0v) is 18.0. The SMILES string of the molecule is COC(=O)C1=C(C(=O)OC)N(N=Cc2ccccc2)C(N)=C(C#N)C1c1ccc(Cl)cc1. The van der Waals surface area contributed by atoms with Crippen LogP contribution in [0.1, 0.15) is 17.0 Å². The van der Waals surface area contributed by atoms with Gasteiger partial charge in [-0.15, -0.1) is 0 Å². The molecule has 0 bridgehead atoms. The lowest BCUT2D eigenvalue weighted by Crippen LogP contribution is -2.38. The van der Waals surface area contributed by atoms with Crippen LogP contribution in [0, 0.1) is 11.3 Å². The molecule has 1 aliphatic heterocycles. The van der Waals surface area contributed by atoms with E-state index in [1.807, 2.05) is 24.3 Å². The highest BCUT2D eigenvalue weighted by Crippen LogP contribution is 2.41. The first-order chi connectivity index (χ1) is 15.4. The molecule has 9 heteroatoms. The van der Waals surface area contributed by atoms with E-state index in [2.05, 4.69) is 5.10 Å². The molecule has 32 heavy (non-hydrogen) atoms. The summed E-state index contributed by atoms with van der Waals surface area (Å²) in [7, 11) is 2.34. The standard InChI is InChI=1S/C23H19ClN4O4/c1-31-22(29)19-18(15-8-10-16(24)11-9-15)17(12-25)21(26)28(20(19)23(30)32-2)27-13-14-6-4-3-5-7-14/h3-11,13,18H,26H2,1-2H3. The molecule has 0 aromatic heterocycles. The maximum absolute atomic E-state index is 12.9. The van der Waals surface area contributed by atoms with Gasteiger partial charge in [0.2, 0.25) is 0 Å². The van der Waals surface area contributed by atoms with Crippen molar-refractivity contribution < 1.29 is 19.1 Å². The molecule has 0 saturated carbocycles. The van der Waals surface area contributed by atoms with Gasteiger partial charge in [0, 0.05) is 5.02 Å². The molecule has 2 N–H and O–H groups in total. The monoisotopic (exact) mass is 450 g/mol. The van der Waals surface area contributed by atoms with Crippen molar-refractivity contribution in [3.8, 4) is 6.07 Å². The maximum atomic E-state index is 12.9. The Kier molecular flexibility index (Phi) is 6.93. The van der Waals surface area contributed by atoms with Gasteiger partial charge in [0.1, 0.15) is 5.82 Å². The Morgan fingerprint density at radius 1 is 1.09 bits per heavy atom. The van der Waals surface area contributed by atoms with Crippen LogP contribution >= 0.6 is 11.6 Å². The first kappa shape index (κ1) is 22.6. The molecule has 1 aliphatic rings. The van der Waals surface area contributed by atoms with E-state index in [4.69, 9.17) is 26.8 Å². The van der Waals surface area contributed by atoms with Crippen molar-refractivity contribution in [3.63, 3.8) is 0 Å². The Hall–Kier alpha value is -4.09. The van der Waals surface area contributed by atoms with E-state index in [0.29, 0.717) is 16.1 Å². The van der Waals surface area contributed by atoms with Gasteiger partial charge in [0.25, 0.3) is 0 Å². The fourth-order valence-corrected chi connectivity index (χ4v) is 3.41. The second kappa shape index (κ2) is 9.81. The van der Waals surface area contributed by atoms with Crippen molar-refractivity contribution in [2.45, 2.75) is 5.92 Å². The highest BCUT2D eigenvalue weighted by atomic mass is 35.5. The summed E-state index contributed by atoms with van der Waals surface area (Å²) in [5.74, 6) is -2.80. The smallest absolute Gasteiger partial charge is 0.357 e. The quantitative estimate of drug-likeness (QED) is 0.549. The number of carbonyl (C=O) groups is 2. The summed E-state index contributed by atoms with van der Waals surface area (Å²) in [5.41, 5.74) is 7.16. The Bertz CT molecular complexity index is 1160. The van der Waals surface area contributed by atoms with Crippen molar-refractivity contribution in [3.05, 3.63) is 93.4 Å². The molecule has 2 aromatic carbocycles. The van der Waals surface area contributed by atoms with E-state index in [1.54, 1.807) is 36.4 Å². The molecule has 162 valence electrons. The van der Waals surface area contributed by atoms with Gasteiger partial charge in [0.05, 0.1) is 43.6 Å². The number of hydrogen-bond acceptors (Lipinski definition) is 8. The van der Waals surface area contributed by atoms with Gasteiger partial charge < -0.3 is 15.2 Å². The van der Waals surface area contributed by atoms with Gasteiger partial charge in [-0.3, -0.25) is 0 Å². The number of methoxy groups -OCH3 is 2. The summed E-state index contributed by atoms with van der Waals surface area (Å²) < 4.78 is 9.86. The van der Waals surface area contributed by atoms with E-state index >= 15 is 0 Å². The number of carbonyl (C=O) groups excluding carboxylic acids is 2. The van der Waals surface area contributed by atoms with E-state index < -0.39 is 17.9 Å². The van der Waals surface area contributed by atoms with Crippen LogP contribution in [-0.4, -0.2) is 37.4 Å². The lowest BCUT2D eigenvalue weighted by molar-refractivity contribution is -0.141. The molecule has 2 aromatic rings. The fourth-order valence-electron chi connectivity index (χ4n) is 3.29. The average Bonchev–Trinajstić information content (AvgIpc) is 2.82. The molecule has 1 atom stereocenters. The Morgan fingerprint density at radius 3 is 2.28 bits per heavy atom. The topological polar surface area (TPSA) is 118 Å². The van der Waals surface area contributed by atoms with Crippen molar-refractivity contribution in [2.24, 2.45) is 10.8 Å². The van der Waals surface area contributed by atoms with Crippen LogP contribution < -0.4 is 5.73 Å². The first-order valence-electron chi connectivity index (χ1n) is 9.38. The second-order valence-corrected chi connectivity index (χ2v) is 7.04. The third-order valence-corrected chi connectivity index (χ3v) is 5.03. The summed E-state index contributed by atoms with van der Waals surface area (Å²) in [4.78, 5) is 25.7. The number of nitriles is 1. The van der Waals surface area contributed by atoms with Crippen molar-refractivity contribution >= 4 is 29.8 Å². The number of ether oxygens (including phenoxy) is 2. The molecular weight excluding hydrogens is 432 g/mol. The van der Waals surface area contributed by atoms with Crippen LogP contribution in [0.5, 0.6) is 0 Å². The summed E-state index contributed by atoms with van der Waals surface area (Å²) >= 11 is 5.99. The highest BCUT2D eigenvalue weighted by molar-refractivity contribution is 6.30. The van der Waals surface area contributed by atoms with Crippen LogP contribution in [0.15, 0.2) is 82.4 Å². The second-order valence-electron chi connectivity index (χ2n) is 6.61. The summed E-state index contributed by atoms with van der Waals surface area (Å²) in [5, 5.41) is 15.7. The third kappa shape index (κ3) is 4.33. The number of hydrogen-bond donors (Lipinski definition) is 1. The molecule has 3 rings (SSSR count). The molecule has 0 radical (unpaired) electrons. The van der Waals surface area contributed by atoms with E-state index in [0.717, 1.165) is 5.01 Å². The number of allylic oxidation sites excluding steroid dienone is 1. The molecule has 0 saturated heterocycles. The third-order valence-electron chi connectivity index (χ3n) is 4.78. The first-order valence-corrected chi connectivity index (χ1v) is 9.75. The fraction of sp³-hybridized carbons (Fsp3) is 0.130. The number of halogens is 1. The predicted octanol–water partition coefficient (Wildman–Crippen LogP) is 3.07. The van der Waals surface area contributed by atoms with Gasteiger partial charge in [0.15, 0.2) is 5.70 Å². The van der Waals surface area contributed by atoms with E-state index in [1.165, 1.54) is 20.4 Å². The van der Waals surface area contributed by atoms with E-state index in [9.17, 15) is 14.9 Å². The largest absolute Gasteiger partial charge is 0.466 e. The lowest BCUT2D eigenvalue weighted by atomic mass is 9.81. The summed E-state index contributed by atoms with van der Waals surface area (Å²) in [6.07, 6.45) is 1.45. The van der Waals surface area contributed by atoms with E-state index in [-0.39, 0.29) is 22.7 Å². The number of nitrogens with zero attached hydrogens (tertiary/aromatic N) is 3. The summed E-state index contributed by atoms with van der Waals surface area (Å²) in [6, 6.07) is 17.6. The lowest BCUT2D eigenvalue weighted by Gasteiger charge is -2.32. The van der Waals surface area contributed by atoms with Crippen LogP contribution in [0.2, 0.25) is 5.02 Å². The molecule has 8 nitrogen and oxygen atoms in total. The van der Waals surface area contributed by atoms with Crippen molar-refractivity contribution in [1.29, 1.82) is 5.26 Å². The highest BCUT2D eigenvalue weighted by Gasteiger charge is 2.42. The predicted molar refractivity (Wildman–Crippen MR) is 118 cm³/mol. The number of nitrogens with two attached hydrogens (primary N) is 1. The number of esters is 2.